The number of aliphatic hydroxyl groups is 3. The number of allylic oxidation sites excluding steroid dienone is 2. The largest absolute Gasteiger partial charge is 0.394 e. The van der Waals surface area contributed by atoms with Gasteiger partial charge >= 0.3 is 0 Å². The molecule has 0 aliphatic carbocycles. The van der Waals surface area contributed by atoms with Crippen molar-refractivity contribution in [2.75, 3.05) is 6.61 Å². The van der Waals surface area contributed by atoms with Crippen molar-refractivity contribution in [1.82, 2.24) is 3.11 Å². The number of hydrogen-bond donors (Lipinski definition) is 4. The highest BCUT2D eigenvalue weighted by atomic mass is 127. The minimum atomic E-state index is -1.13. The summed E-state index contributed by atoms with van der Waals surface area (Å²) in [6.07, 6.45) is 1.14. The Labute approximate surface area is 120 Å². The number of carbonyl (C=O) groups excluding carboxylic acids is 1. The molecule has 4 atom stereocenters. The normalized spacial score (nSPS) is 34.7. The van der Waals surface area contributed by atoms with Crippen molar-refractivity contribution in [2.24, 2.45) is 5.73 Å². The zero-order valence-electron chi connectivity index (χ0n) is 9.89. The van der Waals surface area contributed by atoms with E-state index in [2.05, 4.69) is 0 Å². The fraction of sp³-hybridized carbons (Fsp3) is 0.455. The summed E-state index contributed by atoms with van der Waals surface area (Å²) in [4.78, 5) is 11.1. The van der Waals surface area contributed by atoms with Crippen LogP contribution in [0.2, 0.25) is 0 Å². The minimum Gasteiger partial charge on any atom is -0.394 e. The number of nitrogens with zero attached hydrogens (tertiary/aromatic N) is 1. The van der Waals surface area contributed by atoms with Crippen LogP contribution in [0.25, 0.3) is 0 Å². The van der Waals surface area contributed by atoms with E-state index in [0.717, 1.165) is 0 Å². The number of aliphatic hydroxyl groups excluding tert-OH is 3. The Kier molecular flexibility index (Phi) is 4.68. The zero-order valence-corrected chi connectivity index (χ0v) is 12.0. The lowest BCUT2D eigenvalue weighted by Gasteiger charge is -2.24. The van der Waals surface area contributed by atoms with Gasteiger partial charge in [-0.2, -0.15) is 0 Å². The van der Waals surface area contributed by atoms with E-state index >= 15 is 0 Å². The standard InChI is InChI=1S/C11H15IN2O5/c13-10(18)6-2-1-3-14(12-4-6)11-9(17)8(16)7(5-15)19-11/h1-4,7-9,11,15-17H,5H2,(H2,13,18)/t7-,8?,9?,11-/m1/s1. The lowest BCUT2D eigenvalue weighted by Crippen LogP contribution is -2.37. The highest BCUT2D eigenvalue weighted by Gasteiger charge is 2.44. The van der Waals surface area contributed by atoms with Crippen molar-refractivity contribution in [3.63, 3.8) is 0 Å². The van der Waals surface area contributed by atoms with E-state index < -0.39 is 51.5 Å². The van der Waals surface area contributed by atoms with E-state index in [4.69, 9.17) is 15.6 Å². The SMILES string of the molecule is NC(=O)C1=CC=CN([C@@H]2O[C@H](CO)C(O)C2O)I=C1. The molecule has 19 heavy (non-hydrogen) atoms. The van der Waals surface area contributed by atoms with E-state index in [9.17, 15) is 15.0 Å². The van der Waals surface area contributed by atoms with Crippen LogP contribution < -0.4 is 5.73 Å². The molecule has 0 aromatic rings. The Morgan fingerprint density at radius 3 is 2.79 bits per heavy atom. The number of primary amides is 1. The van der Waals surface area contributed by atoms with Crippen molar-refractivity contribution in [3.05, 3.63) is 23.9 Å². The van der Waals surface area contributed by atoms with Gasteiger partial charge in [0.05, 0.1) is 6.61 Å². The highest BCUT2D eigenvalue weighted by Crippen LogP contribution is 2.29. The molecule has 2 aliphatic heterocycles. The smallest absolute Gasteiger partial charge is 0.249 e. The maximum atomic E-state index is 11.1. The first-order valence-corrected chi connectivity index (χ1v) is 7.81. The van der Waals surface area contributed by atoms with E-state index in [1.807, 2.05) is 0 Å². The first kappa shape index (κ1) is 14.6. The molecule has 5 N–H and O–H groups in total. The van der Waals surface area contributed by atoms with Crippen LogP contribution in [0.5, 0.6) is 0 Å². The number of carbonyl (C=O) groups is 1. The molecule has 0 aromatic carbocycles. The van der Waals surface area contributed by atoms with Crippen LogP contribution in [0.3, 0.4) is 0 Å². The molecule has 0 bridgehead atoms. The number of hydrogen-bond acceptors (Lipinski definition) is 6. The van der Waals surface area contributed by atoms with E-state index in [-0.39, 0.29) is 6.61 Å². The maximum Gasteiger partial charge on any atom is 0.249 e. The molecule has 1 amide bonds. The third-order valence-corrected chi connectivity index (χ3v) is 5.29. The van der Waals surface area contributed by atoms with Gasteiger partial charge in [0.15, 0.2) is 6.23 Å². The zero-order chi connectivity index (χ0) is 14.0. The van der Waals surface area contributed by atoms with Crippen LogP contribution in [0.15, 0.2) is 23.9 Å². The summed E-state index contributed by atoms with van der Waals surface area (Å²) >= 11 is -0.762. The predicted molar refractivity (Wildman–Crippen MR) is 76.1 cm³/mol. The summed E-state index contributed by atoms with van der Waals surface area (Å²) in [5.41, 5.74) is 5.62. The van der Waals surface area contributed by atoms with Gasteiger partial charge in [-0.3, -0.25) is 7.91 Å². The van der Waals surface area contributed by atoms with Gasteiger partial charge in [0.25, 0.3) is 0 Å². The first-order valence-electron chi connectivity index (χ1n) is 5.60. The van der Waals surface area contributed by atoms with Crippen LogP contribution >= 0.6 is 21.0 Å². The third-order valence-electron chi connectivity index (χ3n) is 2.83. The van der Waals surface area contributed by atoms with Gasteiger partial charge in [-0.1, -0.05) is 0 Å². The summed E-state index contributed by atoms with van der Waals surface area (Å²) in [6.45, 7) is -0.362. The predicted octanol–water partition coefficient (Wildman–Crippen LogP) is -1.65. The van der Waals surface area contributed by atoms with Crippen LogP contribution in [0, 0.1) is 0 Å². The Hall–Kier alpha value is -0.810. The summed E-state index contributed by atoms with van der Waals surface area (Å²) in [6, 6.07) is 0. The third kappa shape index (κ3) is 3.03. The molecule has 2 aliphatic rings. The van der Waals surface area contributed by atoms with E-state index in [1.54, 1.807) is 25.5 Å². The summed E-state index contributed by atoms with van der Waals surface area (Å²) in [7, 11) is 0. The lowest BCUT2D eigenvalue weighted by atomic mass is 10.1. The Morgan fingerprint density at radius 2 is 2.21 bits per heavy atom. The maximum absolute atomic E-state index is 11.1. The van der Waals surface area contributed by atoms with E-state index in [1.165, 1.54) is 0 Å². The van der Waals surface area contributed by atoms with Gasteiger partial charge in [0.1, 0.15) is 18.3 Å². The van der Waals surface area contributed by atoms with Gasteiger partial charge in [0, 0.05) is 36.8 Å². The summed E-state index contributed by atoms with van der Waals surface area (Å²) in [5, 5.41) is 28.6. The molecule has 1 fully saturated rings. The van der Waals surface area contributed by atoms with E-state index in [0.29, 0.717) is 5.57 Å². The Balaban J connectivity index is 2.13. The molecule has 0 radical (unpaired) electrons. The molecular formula is C11H15IN2O5. The topological polar surface area (TPSA) is 116 Å². The quantitative estimate of drug-likeness (QED) is 0.344. The molecule has 7 nitrogen and oxygen atoms in total. The van der Waals surface area contributed by atoms with Crippen molar-refractivity contribution >= 4 is 30.9 Å². The van der Waals surface area contributed by atoms with Gasteiger partial charge in [-0.25, -0.2) is 0 Å². The fourth-order valence-corrected chi connectivity index (χ4v) is 4.05. The molecule has 2 rings (SSSR count). The lowest BCUT2D eigenvalue weighted by molar-refractivity contribution is -0.114. The summed E-state index contributed by atoms with van der Waals surface area (Å²) in [5.74, 6) is -0.507. The molecule has 106 valence electrons. The van der Waals surface area contributed by atoms with Crippen LogP contribution in [0.1, 0.15) is 0 Å². The monoisotopic (exact) mass is 382 g/mol. The van der Waals surface area contributed by atoms with Gasteiger partial charge in [-0.15, -0.1) is 0 Å². The molecule has 0 spiro atoms. The Morgan fingerprint density at radius 1 is 1.47 bits per heavy atom. The molecular weight excluding hydrogens is 367 g/mol. The second-order valence-corrected chi connectivity index (χ2v) is 6.40. The summed E-state index contributed by atoms with van der Waals surface area (Å²) < 4.78 is 8.87. The molecule has 2 heterocycles. The van der Waals surface area contributed by atoms with Crippen molar-refractivity contribution in [1.29, 1.82) is 0 Å². The highest BCUT2D eigenvalue weighted by molar-refractivity contribution is 14.2. The minimum absolute atomic E-state index is 0.362. The average molecular weight is 382 g/mol. The fourth-order valence-electron chi connectivity index (χ4n) is 1.77. The van der Waals surface area contributed by atoms with Crippen LogP contribution in [0.4, 0.5) is 0 Å². The molecule has 0 saturated carbocycles. The second-order valence-electron chi connectivity index (χ2n) is 4.11. The molecule has 0 aromatic heterocycles. The van der Waals surface area contributed by atoms with Crippen LogP contribution in [-0.2, 0) is 9.53 Å². The van der Waals surface area contributed by atoms with Gasteiger partial charge in [-0.05, 0) is 12.2 Å². The molecule has 2 unspecified atom stereocenters. The first-order chi connectivity index (χ1) is 9.04. The van der Waals surface area contributed by atoms with Crippen molar-refractivity contribution in [3.8, 4) is 0 Å². The average Bonchev–Trinajstić information content (AvgIpc) is 2.60. The van der Waals surface area contributed by atoms with Gasteiger partial charge < -0.3 is 25.8 Å². The van der Waals surface area contributed by atoms with Crippen molar-refractivity contribution < 1.29 is 24.9 Å². The second kappa shape index (κ2) is 6.09. The number of nitrogens with two attached hydrogens (primary N) is 1. The number of halogens is 1. The Bertz CT molecular complexity index is 450. The molecule has 8 heteroatoms. The van der Waals surface area contributed by atoms with Crippen molar-refractivity contribution in [2.45, 2.75) is 24.5 Å². The number of ether oxygens (including phenoxy) is 1. The molecule has 1 saturated heterocycles. The van der Waals surface area contributed by atoms with Gasteiger partial charge in [0.2, 0.25) is 5.91 Å². The van der Waals surface area contributed by atoms with Crippen LogP contribution in [-0.4, -0.2) is 59.5 Å². The number of amides is 1. The number of rotatable bonds is 3.